The van der Waals surface area contributed by atoms with Crippen LogP contribution in [0.5, 0.6) is 0 Å². The van der Waals surface area contributed by atoms with Crippen molar-refractivity contribution in [3.63, 3.8) is 0 Å². The summed E-state index contributed by atoms with van der Waals surface area (Å²) in [6.07, 6.45) is 2.97. The van der Waals surface area contributed by atoms with Gasteiger partial charge in [-0.05, 0) is 45.3 Å². The molecule has 0 aromatic carbocycles. The number of hydrogen-bond acceptors (Lipinski definition) is 3. The Hall–Kier alpha value is -0.610. The number of amides is 1. The molecule has 1 rings (SSSR count). The predicted octanol–water partition coefficient (Wildman–Crippen LogP) is -0.160. The molecule has 2 unspecified atom stereocenters. The van der Waals surface area contributed by atoms with Gasteiger partial charge in [0.1, 0.15) is 0 Å². The second-order valence-electron chi connectivity index (χ2n) is 4.19. The van der Waals surface area contributed by atoms with Crippen molar-refractivity contribution >= 4 is 5.91 Å². The molecule has 1 aliphatic heterocycles. The summed E-state index contributed by atoms with van der Waals surface area (Å²) < 4.78 is 0. The molecule has 4 nitrogen and oxygen atoms in total. The lowest BCUT2D eigenvalue weighted by molar-refractivity contribution is -0.118. The second-order valence-corrected chi connectivity index (χ2v) is 4.19. The van der Waals surface area contributed by atoms with E-state index in [0.717, 1.165) is 19.6 Å². The van der Waals surface area contributed by atoms with E-state index >= 15 is 0 Å². The van der Waals surface area contributed by atoms with Crippen molar-refractivity contribution in [2.24, 2.45) is 11.7 Å². The molecule has 4 N–H and O–H groups in total. The van der Waals surface area contributed by atoms with Gasteiger partial charge in [0.25, 0.3) is 0 Å². The van der Waals surface area contributed by atoms with Crippen LogP contribution in [0, 0.1) is 5.92 Å². The number of hydrogen-bond donors (Lipinski definition) is 3. The molecule has 0 spiro atoms. The molecule has 4 heteroatoms. The van der Waals surface area contributed by atoms with Gasteiger partial charge in [0, 0.05) is 12.5 Å². The smallest absolute Gasteiger partial charge is 0.218 e. The van der Waals surface area contributed by atoms with E-state index in [2.05, 4.69) is 10.6 Å². The van der Waals surface area contributed by atoms with Crippen LogP contribution in [0.25, 0.3) is 0 Å². The number of carbonyl (C=O) groups is 1. The summed E-state index contributed by atoms with van der Waals surface area (Å²) in [5, 5.41) is 6.71. The molecule has 0 aromatic heterocycles. The van der Waals surface area contributed by atoms with Crippen molar-refractivity contribution in [2.45, 2.75) is 32.2 Å². The second kappa shape index (κ2) is 5.98. The first kappa shape index (κ1) is 11.5. The van der Waals surface area contributed by atoms with Crippen molar-refractivity contribution in [2.75, 3.05) is 19.6 Å². The van der Waals surface area contributed by atoms with Crippen LogP contribution in [0.15, 0.2) is 0 Å². The highest BCUT2D eigenvalue weighted by molar-refractivity contribution is 5.74. The highest BCUT2D eigenvalue weighted by Crippen LogP contribution is 2.08. The van der Waals surface area contributed by atoms with Crippen LogP contribution in [0.1, 0.15) is 26.2 Å². The van der Waals surface area contributed by atoms with E-state index in [0.29, 0.717) is 12.3 Å². The van der Waals surface area contributed by atoms with Crippen molar-refractivity contribution < 1.29 is 4.79 Å². The van der Waals surface area contributed by atoms with Crippen molar-refractivity contribution in [1.82, 2.24) is 10.6 Å². The van der Waals surface area contributed by atoms with Gasteiger partial charge >= 0.3 is 0 Å². The third-order valence-corrected chi connectivity index (χ3v) is 2.66. The molecule has 1 aliphatic rings. The van der Waals surface area contributed by atoms with Crippen LogP contribution in [-0.2, 0) is 4.79 Å². The third-order valence-electron chi connectivity index (χ3n) is 2.66. The molecule has 1 heterocycles. The van der Waals surface area contributed by atoms with Crippen LogP contribution in [0.3, 0.4) is 0 Å². The normalized spacial score (nSPS) is 24.5. The number of carbonyl (C=O) groups excluding carboxylic acids is 1. The first-order chi connectivity index (χ1) is 6.68. The maximum atomic E-state index is 10.6. The van der Waals surface area contributed by atoms with Gasteiger partial charge in [-0.15, -0.1) is 0 Å². The molecule has 82 valence electrons. The van der Waals surface area contributed by atoms with E-state index in [1.807, 2.05) is 6.92 Å². The zero-order chi connectivity index (χ0) is 10.4. The van der Waals surface area contributed by atoms with Crippen LogP contribution in [0.2, 0.25) is 0 Å². The average molecular weight is 199 g/mol. The first-order valence-corrected chi connectivity index (χ1v) is 5.41. The van der Waals surface area contributed by atoms with Crippen molar-refractivity contribution in [3.8, 4) is 0 Å². The highest BCUT2D eigenvalue weighted by atomic mass is 16.1. The van der Waals surface area contributed by atoms with E-state index in [-0.39, 0.29) is 11.9 Å². The predicted molar refractivity (Wildman–Crippen MR) is 56.9 cm³/mol. The zero-order valence-corrected chi connectivity index (χ0v) is 8.88. The SMILES string of the molecule is CC(CC(N)=O)NCC1CCCNC1. The monoisotopic (exact) mass is 199 g/mol. The molecule has 14 heavy (non-hydrogen) atoms. The van der Waals surface area contributed by atoms with Gasteiger partial charge in [-0.2, -0.15) is 0 Å². The molecule has 0 aromatic rings. The fraction of sp³-hybridized carbons (Fsp3) is 0.900. The summed E-state index contributed by atoms with van der Waals surface area (Å²) >= 11 is 0. The Morgan fingerprint density at radius 3 is 3.07 bits per heavy atom. The number of piperidine rings is 1. The van der Waals surface area contributed by atoms with Gasteiger partial charge in [0.05, 0.1) is 0 Å². The summed E-state index contributed by atoms with van der Waals surface area (Å²) in [4.78, 5) is 10.6. The minimum atomic E-state index is -0.230. The van der Waals surface area contributed by atoms with Gasteiger partial charge in [0.2, 0.25) is 5.91 Å². The molecule has 2 atom stereocenters. The molecular formula is C10H21N3O. The third kappa shape index (κ3) is 4.58. The fourth-order valence-corrected chi connectivity index (χ4v) is 1.84. The van der Waals surface area contributed by atoms with Gasteiger partial charge in [-0.3, -0.25) is 4.79 Å². The van der Waals surface area contributed by atoms with Crippen LogP contribution in [0.4, 0.5) is 0 Å². The van der Waals surface area contributed by atoms with Gasteiger partial charge in [-0.25, -0.2) is 0 Å². The van der Waals surface area contributed by atoms with Crippen molar-refractivity contribution in [1.29, 1.82) is 0 Å². The lowest BCUT2D eigenvalue weighted by Crippen LogP contribution is -2.40. The van der Waals surface area contributed by atoms with Gasteiger partial charge in [-0.1, -0.05) is 0 Å². The summed E-state index contributed by atoms with van der Waals surface area (Å²) in [5.41, 5.74) is 5.11. The summed E-state index contributed by atoms with van der Waals surface area (Å²) in [6, 6.07) is 0.203. The molecule has 0 saturated carbocycles. The van der Waals surface area contributed by atoms with E-state index in [4.69, 9.17) is 5.73 Å². The Kier molecular flexibility index (Phi) is 4.90. The van der Waals surface area contributed by atoms with Gasteiger partial charge in [0.15, 0.2) is 0 Å². The average Bonchev–Trinajstić information content (AvgIpc) is 2.15. The number of nitrogens with one attached hydrogen (secondary N) is 2. The largest absolute Gasteiger partial charge is 0.370 e. The molecule has 1 saturated heterocycles. The molecule has 1 fully saturated rings. The maximum Gasteiger partial charge on any atom is 0.218 e. The van der Waals surface area contributed by atoms with Crippen LogP contribution in [-0.4, -0.2) is 31.6 Å². The lowest BCUT2D eigenvalue weighted by atomic mass is 9.99. The standard InChI is InChI=1S/C10H21N3O/c1-8(5-10(11)14)13-7-9-3-2-4-12-6-9/h8-9,12-13H,2-7H2,1H3,(H2,11,14). The maximum absolute atomic E-state index is 10.6. The zero-order valence-electron chi connectivity index (χ0n) is 8.88. The number of rotatable bonds is 5. The van der Waals surface area contributed by atoms with Crippen LogP contribution >= 0.6 is 0 Å². The van der Waals surface area contributed by atoms with Crippen LogP contribution < -0.4 is 16.4 Å². The minimum absolute atomic E-state index is 0.203. The molecule has 1 amide bonds. The van der Waals surface area contributed by atoms with Gasteiger partial charge < -0.3 is 16.4 Å². The molecule has 0 aliphatic carbocycles. The quantitative estimate of drug-likeness (QED) is 0.576. The Morgan fingerprint density at radius 1 is 1.71 bits per heavy atom. The van der Waals surface area contributed by atoms with E-state index in [1.165, 1.54) is 12.8 Å². The summed E-state index contributed by atoms with van der Waals surface area (Å²) in [5.74, 6) is 0.478. The Labute approximate surface area is 85.6 Å². The number of nitrogens with two attached hydrogens (primary N) is 1. The van der Waals surface area contributed by atoms with Crippen molar-refractivity contribution in [3.05, 3.63) is 0 Å². The highest BCUT2D eigenvalue weighted by Gasteiger charge is 2.14. The first-order valence-electron chi connectivity index (χ1n) is 5.41. The Bertz CT molecular complexity index is 178. The molecular weight excluding hydrogens is 178 g/mol. The fourth-order valence-electron chi connectivity index (χ4n) is 1.84. The molecule has 0 bridgehead atoms. The van der Waals surface area contributed by atoms with E-state index < -0.39 is 0 Å². The Morgan fingerprint density at radius 2 is 2.50 bits per heavy atom. The van der Waals surface area contributed by atoms with E-state index in [9.17, 15) is 4.79 Å². The summed E-state index contributed by atoms with van der Waals surface area (Å²) in [6.45, 7) is 5.23. The molecule has 0 radical (unpaired) electrons. The van der Waals surface area contributed by atoms with E-state index in [1.54, 1.807) is 0 Å². The topological polar surface area (TPSA) is 67.2 Å². The number of primary amides is 1. The minimum Gasteiger partial charge on any atom is -0.370 e. The summed E-state index contributed by atoms with van der Waals surface area (Å²) in [7, 11) is 0. The lowest BCUT2D eigenvalue weighted by Gasteiger charge is -2.24. The Balaban J connectivity index is 2.09.